The quantitative estimate of drug-likeness (QED) is 0.677. The first kappa shape index (κ1) is 11.5. The molecule has 1 heterocycles. The Morgan fingerprint density at radius 2 is 1.53 bits per heavy atom. The first-order valence-corrected chi connectivity index (χ1v) is 6.22. The minimum absolute atomic E-state index is 0.958. The van der Waals surface area contributed by atoms with Gasteiger partial charge in [-0.15, -0.1) is 0 Å². The molecule has 0 spiro atoms. The lowest BCUT2D eigenvalue weighted by atomic mass is 10.1. The normalized spacial score (nSPS) is 10.3. The van der Waals surface area contributed by atoms with Crippen LogP contribution in [0.1, 0.15) is 5.69 Å². The van der Waals surface area contributed by atoms with Gasteiger partial charge in [0.15, 0.2) is 0 Å². The van der Waals surface area contributed by atoms with E-state index in [-0.39, 0.29) is 0 Å². The van der Waals surface area contributed by atoms with Crippen molar-refractivity contribution in [3.8, 4) is 16.9 Å². The number of benzene rings is 2. The summed E-state index contributed by atoms with van der Waals surface area (Å²) < 4.78 is 1.91. The van der Waals surface area contributed by atoms with Crippen molar-refractivity contribution in [2.45, 2.75) is 0 Å². The van der Waals surface area contributed by atoms with Crippen molar-refractivity contribution in [2.75, 3.05) is 0 Å². The van der Waals surface area contributed by atoms with Crippen LogP contribution in [0.4, 0.5) is 0 Å². The van der Waals surface area contributed by atoms with Crippen LogP contribution in [0.25, 0.3) is 23.0 Å². The number of hydrogen-bond acceptors (Lipinski definition) is 1. The van der Waals surface area contributed by atoms with E-state index in [2.05, 4.69) is 29.9 Å². The van der Waals surface area contributed by atoms with E-state index in [4.69, 9.17) is 0 Å². The van der Waals surface area contributed by atoms with E-state index in [0.29, 0.717) is 0 Å². The summed E-state index contributed by atoms with van der Waals surface area (Å²) in [6, 6.07) is 22.3. The number of rotatable bonds is 3. The minimum Gasteiger partial charge on any atom is -0.233 e. The Kier molecular flexibility index (Phi) is 2.99. The van der Waals surface area contributed by atoms with Gasteiger partial charge in [-0.3, -0.25) is 0 Å². The van der Waals surface area contributed by atoms with Crippen molar-refractivity contribution in [1.29, 1.82) is 0 Å². The SMILES string of the molecule is C=Cc1cc(-c2ccccc2)nn1-c1ccccc1. The van der Waals surface area contributed by atoms with Gasteiger partial charge in [-0.1, -0.05) is 55.1 Å². The van der Waals surface area contributed by atoms with Crippen LogP contribution in [-0.4, -0.2) is 9.78 Å². The zero-order valence-electron chi connectivity index (χ0n) is 10.5. The molecular weight excluding hydrogens is 232 g/mol. The van der Waals surface area contributed by atoms with Gasteiger partial charge >= 0.3 is 0 Å². The molecular formula is C17H14N2. The molecule has 19 heavy (non-hydrogen) atoms. The molecule has 3 aromatic rings. The van der Waals surface area contributed by atoms with Gasteiger partial charge in [-0.05, 0) is 24.3 Å². The van der Waals surface area contributed by atoms with E-state index in [1.807, 2.05) is 59.3 Å². The highest BCUT2D eigenvalue weighted by Gasteiger charge is 2.08. The van der Waals surface area contributed by atoms with E-state index < -0.39 is 0 Å². The molecule has 0 bridgehead atoms. The lowest BCUT2D eigenvalue weighted by Gasteiger charge is -2.03. The molecule has 0 saturated carbocycles. The maximum Gasteiger partial charge on any atom is 0.0933 e. The molecule has 0 unspecified atom stereocenters. The Morgan fingerprint density at radius 3 is 2.16 bits per heavy atom. The van der Waals surface area contributed by atoms with E-state index in [0.717, 1.165) is 22.6 Å². The van der Waals surface area contributed by atoms with E-state index in [9.17, 15) is 0 Å². The molecule has 0 fully saturated rings. The summed E-state index contributed by atoms with van der Waals surface area (Å²) >= 11 is 0. The van der Waals surface area contributed by atoms with Crippen molar-refractivity contribution in [3.05, 3.63) is 79.0 Å². The molecule has 2 aromatic carbocycles. The topological polar surface area (TPSA) is 17.8 Å². The fourth-order valence-electron chi connectivity index (χ4n) is 2.07. The van der Waals surface area contributed by atoms with Crippen LogP contribution in [0.15, 0.2) is 73.3 Å². The van der Waals surface area contributed by atoms with Crippen LogP contribution in [0.3, 0.4) is 0 Å². The van der Waals surface area contributed by atoms with E-state index >= 15 is 0 Å². The molecule has 1 aromatic heterocycles. The second-order valence-electron chi connectivity index (χ2n) is 4.27. The maximum atomic E-state index is 4.67. The van der Waals surface area contributed by atoms with Gasteiger partial charge in [0.1, 0.15) is 0 Å². The second-order valence-corrected chi connectivity index (χ2v) is 4.27. The number of aromatic nitrogens is 2. The van der Waals surface area contributed by atoms with Crippen molar-refractivity contribution in [3.63, 3.8) is 0 Å². The maximum absolute atomic E-state index is 4.67. The molecule has 2 nitrogen and oxygen atoms in total. The zero-order chi connectivity index (χ0) is 13.1. The van der Waals surface area contributed by atoms with Gasteiger partial charge in [0, 0.05) is 5.56 Å². The highest BCUT2D eigenvalue weighted by Crippen LogP contribution is 2.21. The van der Waals surface area contributed by atoms with Crippen molar-refractivity contribution in [1.82, 2.24) is 9.78 Å². The predicted octanol–water partition coefficient (Wildman–Crippen LogP) is 4.18. The van der Waals surface area contributed by atoms with Crippen molar-refractivity contribution >= 4 is 6.08 Å². The van der Waals surface area contributed by atoms with Crippen molar-refractivity contribution < 1.29 is 0 Å². The molecule has 0 atom stereocenters. The van der Waals surface area contributed by atoms with Crippen molar-refractivity contribution in [2.24, 2.45) is 0 Å². The molecule has 0 amide bonds. The Morgan fingerprint density at radius 1 is 0.895 bits per heavy atom. The van der Waals surface area contributed by atoms with Gasteiger partial charge in [0.2, 0.25) is 0 Å². The van der Waals surface area contributed by atoms with Gasteiger partial charge in [0.25, 0.3) is 0 Å². The van der Waals surface area contributed by atoms with E-state index in [1.165, 1.54) is 0 Å². The highest BCUT2D eigenvalue weighted by molar-refractivity contribution is 5.63. The summed E-state index contributed by atoms with van der Waals surface area (Å²) in [4.78, 5) is 0. The second kappa shape index (κ2) is 4.94. The minimum atomic E-state index is 0.958. The lowest BCUT2D eigenvalue weighted by Crippen LogP contribution is -1.98. The average Bonchev–Trinajstić information content (AvgIpc) is 2.93. The number of nitrogens with zero attached hydrogens (tertiary/aromatic N) is 2. The Bertz CT molecular complexity index is 682. The molecule has 3 rings (SSSR count). The largest absolute Gasteiger partial charge is 0.233 e. The van der Waals surface area contributed by atoms with Crippen LogP contribution in [0.5, 0.6) is 0 Å². The molecule has 0 aliphatic rings. The summed E-state index contributed by atoms with van der Waals surface area (Å²) in [5.41, 5.74) is 4.10. The standard InChI is InChI=1S/C17H14N2/c1-2-15-13-17(14-9-5-3-6-10-14)18-19(15)16-11-7-4-8-12-16/h2-13H,1H2. The number of para-hydroxylation sites is 1. The fraction of sp³-hybridized carbons (Fsp3) is 0. The lowest BCUT2D eigenvalue weighted by molar-refractivity contribution is 0.875. The van der Waals surface area contributed by atoms with Gasteiger partial charge in [-0.25, -0.2) is 4.68 Å². The Balaban J connectivity index is 2.12. The molecule has 0 N–H and O–H groups in total. The third-order valence-electron chi connectivity index (χ3n) is 3.02. The molecule has 0 saturated heterocycles. The summed E-state index contributed by atoms with van der Waals surface area (Å²) in [7, 11) is 0. The van der Waals surface area contributed by atoms with Crippen LogP contribution in [0.2, 0.25) is 0 Å². The summed E-state index contributed by atoms with van der Waals surface area (Å²) in [6.07, 6.45) is 1.83. The Hall–Kier alpha value is -2.61. The predicted molar refractivity (Wildman–Crippen MR) is 79.1 cm³/mol. The molecule has 92 valence electrons. The van der Waals surface area contributed by atoms with Gasteiger partial charge in [0.05, 0.1) is 17.1 Å². The number of hydrogen-bond donors (Lipinski definition) is 0. The van der Waals surface area contributed by atoms with E-state index in [1.54, 1.807) is 0 Å². The third kappa shape index (κ3) is 2.20. The van der Waals surface area contributed by atoms with Crippen LogP contribution in [0, 0.1) is 0 Å². The average molecular weight is 246 g/mol. The zero-order valence-corrected chi connectivity index (χ0v) is 10.5. The third-order valence-corrected chi connectivity index (χ3v) is 3.02. The molecule has 0 aliphatic heterocycles. The molecule has 0 aliphatic carbocycles. The first-order chi connectivity index (χ1) is 9.38. The summed E-state index contributed by atoms with van der Waals surface area (Å²) in [5, 5.41) is 4.67. The molecule has 2 heteroatoms. The Labute approximate surface area is 112 Å². The highest BCUT2D eigenvalue weighted by atomic mass is 15.3. The molecule has 0 radical (unpaired) electrons. The van der Waals surface area contributed by atoms with Crippen LogP contribution >= 0.6 is 0 Å². The smallest absolute Gasteiger partial charge is 0.0933 e. The van der Waals surface area contributed by atoms with Crippen LogP contribution < -0.4 is 0 Å². The first-order valence-electron chi connectivity index (χ1n) is 6.22. The van der Waals surface area contributed by atoms with Crippen LogP contribution in [-0.2, 0) is 0 Å². The fourth-order valence-corrected chi connectivity index (χ4v) is 2.07. The van der Waals surface area contributed by atoms with Gasteiger partial charge < -0.3 is 0 Å². The summed E-state index contributed by atoms with van der Waals surface area (Å²) in [5.74, 6) is 0. The van der Waals surface area contributed by atoms with Gasteiger partial charge in [-0.2, -0.15) is 5.10 Å². The summed E-state index contributed by atoms with van der Waals surface area (Å²) in [6.45, 7) is 3.86. The monoisotopic (exact) mass is 246 g/mol.